The third kappa shape index (κ3) is 2.78. The maximum absolute atomic E-state index is 5.64. The van der Waals surface area contributed by atoms with Crippen molar-refractivity contribution in [3.05, 3.63) is 45.5 Å². The lowest BCUT2D eigenvalue weighted by Gasteiger charge is -2.05. The van der Waals surface area contributed by atoms with Crippen molar-refractivity contribution in [2.24, 2.45) is 0 Å². The van der Waals surface area contributed by atoms with Crippen LogP contribution in [0.5, 0.6) is 0 Å². The highest BCUT2D eigenvalue weighted by Crippen LogP contribution is 2.36. The fourth-order valence-electron chi connectivity index (χ4n) is 1.15. The van der Waals surface area contributed by atoms with Crippen molar-refractivity contribution < 1.29 is 0 Å². The van der Waals surface area contributed by atoms with Gasteiger partial charge >= 0.3 is 0 Å². The van der Waals surface area contributed by atoms with Crippen molar-refractivity contribution in [1.29, 1.82) is 0 Å². The Morgan fingerprint density at radius 3 is 2.56 bits per heavy atom. The van der Waals surface area contributed by atoms with Crippen molar-refractivity contribution in [3.8, 4) is 0 Å². The topological polar surface area (TPSA) is 38.9 Å². The Morgan fingerprint density at radius 2 is 1.88 bits per heavy atom. The minimum absolute atomic E-state index is 0.656. The summed E-state index contributed by atoms with van der Waals surface area (Å²) in [6.07, 6.45) is 1.66. The molecule has 0 bridgehead atoms. The number of nitrogen functional groups attached to an aromatic ring is 1. The largest absolute Gasteiger partial charge is 0.397 e. The van der Waals surface area contributed by atoms with Gasteiger partial charge in [0.2, 0.25) is 0 Å². The first-order valence-corrected chi connectivity index (χ1v) is 6.90. The minimum Gasteiger partial charge on any atom is -0.397 e. The summed E-state index contributed by atoms with van der Waals surface area (Å²) in [5.41, 5.74) is 6.30. The number of aromatic nitrogens is 1. The van der Waals surface area contributed by atoms with Gasteiger partial charge in [0.15, 0.2) is 0 Å². The van der Waals surface area contributed by atoms with Crippen LogP contribution in [0.25, 0.3) is 0 Å². The van der Waals surface area contributed by atoms with Crippen LogP contribution in [-0.2, 0) is 0 Å². The maximum atomic E-state index is 5.64. The summed E-state index contributed by atoms with van der Waals surface area (Å²) in [5.74, 6) is 0. The quantitative estimate of drug-likeness (QED) is 0.866. The summed E-state index contributed by atoms with van der Waals surface area (Å²) < 4.78 is 1.97. The summed E-state index contributed by atoms with van der Waals surface area (Å²) in [4.78, 5) is 5.41. The van der Waals surface area contributed by atoms with Crippen LogP contribution in [0.2, 0.25) is 0 Å². The molecule has 16 heavy (non-hydrogen) atoms. The molecule has 0 aliphatic carbocycles. The number of hydrogen-bond donors (Lipinski definition) is 1. The number of hydrogen-bond acceptors (Lipinski definition) is 3. The number of nitrogens with two attached hydrogens (primary N) is 1. The highest BCUT2D eigenvalue weighted by Gasteiger charge is 2.06. The number of nitrogens with zero attached hydrogens (tertiary/aromatic N) is 1. The lowest BCUT2D eigenvalue weighted by atomic mass is 10.4. The van der Waals surface area contributed by atoms with Gasteiger partial charge in [-0.15, -0.1) is 0 Å². The second kappa shape index (κ2) is 5.21. The van der Waals surface area contributed by atoms with Crippen molar-refractivity contribution in [2.75, 3.05) is 5.73 Å². The van der Waals surface area contributed by atoms with Gasteiger partial charge in [0.25, 0.3) is 0 Å². The molecule has 2 rings (SSSR count). The van der Waals surface area contributed by atoms with Gasteiger partial charge in [-0.1, -0.05) is 23.9 Å². The van der Waals surface area contributed by atoms with Crippen LogP contribution in [0.1, 0.15) is 0 Å². The predicted octanol–water partition coefficient (Wildman–Crippen LogP) is 4.34. The van der Waals surface area contributed by atoms with Crippen LogP contribution < -0.4 is 5.73 Å². The molecule has 2 aromatic rings. The molecule has 0 aliphatic heterocycles. The van der Waals surface area contributed by atoms with E-state index in [1.54, 1.807) is 18.0 Å². The summed E-state index contributed by atoms with van der Waals surface area (Å²) in [6.45, 7) is 0. The second-order valence-electron chi connectivity index (χ2n) is 3.09. The zero-order valence-corrected chi connectivity index (χ0v) is 12.1. The van der Waals surface area contributed by atoms with Gasteiger partial charge in [-0.25, -0.2) is 4.98 Å². The molecule has 0 aliphatic rings. The van der Waals surface area contributed by atoms with Crippen LogP contribution in [-0.4, -0.2) is 4.98 Å². The van der Waals surface area contributed by atoms with Gasteiger partial charge in [-0.05, 0) is 50.1 Å². The molecule has 1 aromatic carbocycles. The zero-order chi connectivity index (χ0) is 11.5. The molecule has 1 aromatic heterocycles. The molecule has 0 radical (unpaired) electrons. The highest BCUT2D eigenvalue weighted by molar-refractivity contribution is 9.11. The molecule has 0 saturated heterocycles. The van der Waals surface area contributed by atoms with Crippen LogP contribution in [0, 0.1) is 0 Å². The Bertz CT molecular complexity index is 517. The summed E-state index contributed by atoms with van der Waals surface area (Å²) in [5, 5.41) is 0.904. The Balaban J connectivity index is 2.31. The van der Waals surface area contributed by atoms with Gasteiger partial charge < -0.3 is 5.73 Å². The fourth-order valence-corrected chi connectivity index (χ4v) is 3.07. The normalized spacial score (nSPS) is 10.4. The third-order valence-corrected chi connectivity index (χ3v) is 4.79. The van der Waals surface area contributed by atoms with Crippen LogP contribution in [0.4, 0.5) is 5.69 Å². The van der Waals surface area contributed by atoms with E-state index in [-0.39, 0.29) is 0 Å². The van der Waals surface area contributed by atoms with Gasteiger partial charge in [0, 0.05) is 9.37 Å². The summed E-state index contributed by atoms with van der Waals surface area (Å²) >= 11 is 8.54. The Morgan fingerprint density at radius 1 is 1.12 bits per heavy atom. The molecule has 82 valence electrons. The zero-order valence-electron chi connectivity index (χ0n) is 8.15. The van der Waals surface area contributed by atoms with Crippen molar-refractivity contribution in [3.63, 3.8) is 0 Å². The molecule has 0 saturated carbocycles. The second-order valence-corrected chi connectivity index (χ2v) is 5.83. The van der Waals surface area contributed by atoms with E-state index < -0.39 is 0 Å². The van der Waals surface area contributed by atoms with E-state index in [4.69, 9.17) is 5.73 Å². The number of pyridine rings is 1. The number of benzene rings is 1. The summed E-state index contributed by atoms with van der Waals surface area (Å²) in [7, 11) is 0. The first-order chi connectivity index (χ1) is 7.66. The first-order valence-electron chi connectivity index (χ1n) is 4.50. The van der Waals surface area contributed by atoms with Crippen LogP contribution >= 0.6 is 43.6 Å². The maximum Gasteiger partial charge on any atom is 0.115 e. The monoisotopic (exact) mass is 358 g/mol. The minimum atomic E-state index is 0.656. The third-order valence-electron chi connectivity index (χ3n) is 1.87. The van der Waals surface area contributed by atoms with Crippen molar-refractivity contribution in [2.45, 2.75) is 9.92 Å². The average Bonchev–Trinajstić information content (AvgIpc) is 2.25. The van der Waals surface area contributed by atoms with E-state index >= 15 is 0 Å². The van der Waals surface area contributed by atoms with E-state index in [1.165, 1.54) is 0 Å². The predicted molar refractivity (Wildman–Crippen MR) is 74.6 cm³/mol. The standard InChI is InChI=1S/C11H8Br2N2S/c12-8-3-1-2-4-10(8)16-11-9(13)5-7(14)6-15-11/h1-6H,14H2. The lowest BCUT2D eigenvalue weighted by molar-refractivity contribution is 1.11. The Labute approximate surface area is 115 Å². The molecule has 0 spiro atoms. The van der Waals surface area contributed by atoms with E-state index in [0.717, 1.165) is 18.9 Å². The SMILES string of the molecule is Nc1cnc(Sc2ccccc2Br)c(Br)c1. The van der Waals surface area contributed by atoms with E-state index in [2.05, 4.69) is 36.8 Å². The smallest absolute Gasteiger partial charge is 0.115 e. The molecule has 0 unspecified atom stereocenters. The highest BCUT2D eigenvalue weighted by atomic mass is 79.9. The molecule has 1 heterocycles. The Kier molecular flexibility index (Phi) is 3.89. The number of anilines is 1. The average molecular weight is 360 g/mol. The first kappa shape index (κ1) is 12.0. The van der Waals surface area contributed by atoms with Gasteiger partial charge in [0.1, 0.15) is 5.03 Å². The van der Waals surface area contributed by atoms with E-state index in [1.807, 2.05) is 30.3 Å². The lowest BCUT2D eigenvalue weighted by Crippen LogP contribution is -1.89. The molecule has 0 atom stereocenters. The molecule has 2 N–H and O–H groups in total. The Hall–Kier alpha value is -0.520. The molecular weight excluding hydrogens is 352 g/mol. The van der Waals surface area contributed by atoms with E-state index in [0.29, 0.717) is 5.69 Å². The van der Waals surface area contributed by atoms with Crippen LogP contribution in [0.15, 0.2) is 55.4 Å². The van der Waals surface area contributed by atoms with Crippen molar-refractivity contribution >= 4 is 49.3 Å². The molecule has 0 fully saturated rings. The molecule has 0 amide bonds. The summed E-state index contributed by atoms with van der Waals surface area (Å²) in [6, 6.07) is 9.89. The number of halogens is 2. The molecule has 5 heteroatoms. The number of rotatable bonds is 2. The van der Waals surface area contributed by atoms with Gasteiger partial charge in [-0.3, -0.25) is 0 Å². The van der Waals surface area contributed by atoms with E-state index in [9.17, 15) is 0 Å². The van der Waals surface area contributed by atoms with Crippen molar-refractivity contribution in [1.82, 2.24) is 4.98 Å². The van der Waals surface area contributed by atoms with Gasteiger partial charge in [-0.2, -0.15) is 0 Å². The van der Waals surface area contributed by atoms with Crippen LogP contribution in [0.3, 0.4) is 0 Å². The molecular formula is C11H8Br2N2S. The fraction of sp³-hybridized carbons (Fsp3) is 0. The molecule has 2 nitrogen and oxygen atoms in total. The van der Waals surface area contributed by atoms with Gasteiger partial charge in [0.05, 0.1) is 16.4 Å².